The number of nitrogens with zero attached hydrogens (tertiary/aromatic N) is 5. The van der Waals surface area contributed by atoms with Gasteiger partial charge in [-0.3, -0.25) is 4.40 Å². The summed E-state index contributed by atoms with van der Waals surface area (Å²) >= 11 is 0. The van der Waals surface area contributed by atoms with Crippen molar-refractivity contribution < 1.29 is 0 Å². The van der Waals surface area contributed by atoms with Crippen molar-refractivity contribution in [2.24, 2.45) is 0 Å². The van der Waals surface area contributed by atoms with E-state index in [1.807, 2.05) is 30.3 Å². The van der Waals surface area contributed by atoms with E-state index in [-0.39, 0.29) is 0 Å². The SMILES string of the molecule is c1ccc(-c2ccc(-c3nc(-c4ccc(-c5ccccc5)cc4)nc(-c4cc(-c5ccccc5)cc(-c5ccc(-c6c(-c7ccccc7)nc7ccccn67)cc5)c4)n3)cc2)cc1. The molecule has 0 saturated carbocycles. The maximum atomic E-state index is 5.22. The predicted molar refractivity (Wildman–Crippen MR) is 258 cm³/mol. The lowest BCUT2D eigenvalue weighted by molar-refractivity contribution is 1.07. The third kappa shape index (κ3) is 7.60. The van der Waals surface area contributed by atoms with Crippen molar-refractivity contribution in [2.75, 3.05) is 0 Å². The zero-order valence-electron chi connectivity index (χ0n) is 34.3. The van der Waals surface area contributed by atoms with Gasteiger partial charge in [0.1, 0.15) is 5.65 Å². The Morgan fingerprint density at radius 1 is 0.238 bits per heavy atom. The summed E-state index contributed by atoms with van der Waals surface area (Å²) in [4.78, 5) is 20.6. The fourth-order valence-corrected chi connectivity index (χ4v) is 8.26. The summed E-state index contributed by atoms with van der Waals surface area (Å²) in [6.45, 7) is 0. The minimum Gasteiger partial charge on any atom is -0.299 e. The lowest BCUT2D eigenvalue weighted by atomic mass is 9.94. The van der Waals surface area contributed by atoms with E-state index in [1.165, 1.54) is 0 Å². The number of benzene rings is 8. The van der Waals surface area contributed by atoms with E-state index in [2.05, 4.69) is 211 Å². The Hall–Kier alpha value is -8.54. The van der Waals surface area contributed by atoms with Crippen LogP contribution in [0.5, 0.6) is 0 Å². The first-order chi connectivity index (χ1) is 31.2. The second kappa shape index (κ2) is 16.5. The predicted octanol–water partition coefficient (Wildman–Crippen LogP) is 14.5. The lowest BCUT2D eigenvalue weighted by Crippen LogP contribution is -2.00. The summed E-state index contributed by atoms with van der Waals surface area (Å²) < 4.78 is 2.17. The van der Waals surface area contributed by atoms with Gasteiger partial charge in [-0.15, -0.1) is 0 Å². The molecule has 11 rings (SSSR count). The van der Waals surface area contributed by atoms with Crippen molar-refractivity contribution in [3.8, 4) is 101 Å². The second-order valence-corrected chi connectivity index (χ2v) is 15.5. The van der Waals surface area contributed by atoms with Crippen molar-refractivity contribution in [3.63, 3.8) is 0 Å². The molecule has 5 nitrogen and oxygen atoms in total. The van der Waals surface area contributed by atoms with Gasteiger partial charge in [-0.2, -0.15) is 0 Å². The van der Waals surface area contributed by atoms with Crippen molar-refractivity contribution in [3.05, 3.63) is 237 Å². The number of hydrogen-bond donors (Lipinski definition) is 0. The summed E-state index contributed by atoms with van der Waals surface area (Å²) in [6, 6.07) is 80.2. The van der Waals surface area contributed by atoms with Gasteiger partial charge in [-0.1, -0.05) is 200 Å². The Bertz CT molecular complexity index is 3230. The molecule has 0 spiro atoms. The molecule has 5 heteroatoms. The molecule has 0 atom stereocenters. The van der Waals surface area contributed by atoms with Gasteiger partial charge in [0.25, 0.3) is 0 Å². The Labute approximate surface area is 366 Å². The highest BCUT2D eigenvalue weighted by molar-refractivity contribution is 5.85. The van der Waals surface area contributed by atoms with Gasteiger partial charge in [0, 0.05) is 34.0 Å². The molecule has 0 unspecified atom stereocenters. The number of pyridine rings is 1. The van der Waals surface area contributed by atoms with Crippen LogP contribution < -0.4 is 0 Å². The number of fused-ring (bicyclic) bond motifs is 1. The molecule has 296 valence electrons. The largest absolute Gasteiger partial charge is 0.299 e. The van der Waals surface area contributed by atoms with Gasteiger partial charge < -0.3 is 0 Å². The van der Waals surface area contributed by atoms with Gasteiger partial charge in [0.2, 0.25) is 0 Å². The van der Waals surface area contributed by atoms with Crippen LogP contribution >= 0.6 is 0 Å². The van der Waals surface area contributed by atoms with Gasteiger partial charge in [0.05, 0.1) is 11.4 Å². The zero-order chi connectivity index (χ0) is 42.0. The minimum atomic E-state index is 0.600. The fraction of sp³-hybridized carbons (Fsp3) is 0. The molecule has 0 amide bonds. The highest BCUT2D eigenvalue weighted by Crippen LogP contribution is 2.37. The van der Waals surface area contributed by atoms with Crippen LogP contribution in [0, 0.1) is 0 Å². The van der Waals surface area contributed by atoms with Crippen LogP contribution in [0.3, 0.4) is 0 Å². The molecule has 0 aliphatic rings. The summed E-state index contributed by atoms with van der Waals surface area (Å²) in [6.07, 6.45) is 2.08. The Balaban J connectivity index is 1.04. The highest BCUT2D eigenvalue weighted by atomic mass is 15.0. The molecule has 0 bridgehead atoms. The topological polar surface area (TPSA) is 56.0 Å². The van der Waals surface area contributed by atoms with E-state index in [1.54, 1.807) is 0 Å². The van der Waals surface area contributed by atoms with E-state index in [9.17, 15) is 0 Å². The molecule has 8 aromatic carbocycles. The van der Waals surface area contributed by atoms with E-state index >= 15 is 0 Å². The van der Waals surface area contributed by atoms with Crippen LogP contribution in [0.25, 0.3) is 107 Å². The summed E-state index contributed by atoms with van der Waals surface area (Å²) in [5.41, 5.74) is 16.7. The van der Waals surface area contributed by atoms with Crippen LogP contribution in [0.1, 0.15) is 0 Å². The van der Waals surface area contributed by atoms with Gasteiger partial charge >= 0.3 is 0 Å². The number of rotatable bonds is 9. The van der Waals surface area contributed by atoms with Crippen molar-refractivity contribution in [2.45, 2.75) is 0 Å². The van der Waals surface area contributed by atoms with Crippen LogP contribution in [0.2, 0.25) is 0 Å². The summed E-state index contributed by atoms with van der Waals surface area (Å²) in [5, 5.41) is 0. The monoisotopic (exact) mass is 805 g/mol. The first-order valence-electron chi connectivity index (χ1n) is 21.1. The molecule has 3 aromatic heterocycles. The third-order valence-corrected chi connectivity index (χ3v) is 11.5. The average Bonchev–Trinajstić information content (AvgIpc) is 3.77. The summed E-state index contributed by atoms with van der Waals surface area (Å²) in [5.74, 6) is 1.82. The van der Waals surface area contributed by atoms with E-state index < -0.39 is 0 Å². The van der Waals surface area contributed by atoms with E-state index in [4.69, 9.17) is 19.9 Å². The summed E-state index contributed by atoms with van der Waals surface area (Å²) in [7, 11) is 0. The van der Waals surface area contributed by atoms with Crippen LogP contribution in [0.15, 0.2) is 237 Å². The number of hydrogen-bond acceptors (Lipinski definition) is 4. The van der Waals surface area contributed by atoms with Gasteiger partial charge in [-0.05, 0) is 74.8 Å². The molecule has 0 aliphatic heterocycles. The van der Waals surface area contributed by atoms with Crippen LogP contribution in [-0.4, -0.2) is 24.3 Å². The second-order valence-electron chi connectivity index (χ2n) is 15.5. The van der Waals surface area contributed by atoms with Crippen LogP contribution in [0.4, 0.5) is 0 Å². The van der Waals surface area contributed by atoms with Crippen molar-refractivity contribution in [1.29, 1.82) is 0 Å². The maximum absolute atomic E-state index is 5.22. The number of imidazole rings is 1. The van der Waals surface area contributed by atoms with Crippen molar-refractivity contribution in [1.82, 2.24) is 24.3 Å². The maximum Gasteiger partial charge on any atom is 0.164 e. The molecule has 63 heavy (non-hydrogen) atoms. The number of aromatic nitrogens is 5. The third-order valence-electron chi connectivity index (χ3n) is 11.5. The Kier molecular flexibility index (Phi) is 9.80. The normalized spacial score (nSPS) is 11.2. The minimum absolute atomic E-state index is 0.600. The van der Waals surface area contributed by atoms with E-state index in [0.717, 1.165) is 89.4 Å². The standard InChI is InChI=1S/C58H39N5/c1-5-15-40(16-6-1)43-26-32-48(33-27-43)56-60-57(49-34-28-44(29-35-49)41-17-7-2-8-18-41)62-58(61-56)52-38-50(42-19-9-3-10-20-42)37-51(39-52)45-24-30-47(31-25-45)55-54(46-21-11-4-12-22-46)59-53-23-13-14-36-63(53)55/h1-39H. The highest BCUT2D eigenvalue weighted by Gasteiger charge is 2.18. The quantitative estimate of drug-likeness (QED) is 0.146. The first kappa shape index (κ1) is 37.5. The Morgan fingerprint density at radius 2 is 0.571 bits per heavy atom. The van der Waals surface area contributed by atoms with Gasteiger partial charge in [0.15, 0.2) is 17.5 Å². The van der Waals surface area contributed by atoms with Crippen LogP contribution in [-0.2, 0) is 0 Å². The lowest BCUT2D eigenvalue weighted by Gasteiger charge is -2.13. The molecule has 0 radical (unpaired) electrons. The Morgan fingerprint density at radius 3 is 1.05 bits per heavy atom. The molecule has 0 aliphatic carbocycles. The van der Waals surface area contributed by atoms with Gasteiger partial charge in [-0.25, -0.2) is 19.9 Å². The first-order valence-corrected chi connectivity index (χ1v) is 21.1. The van der Waals surface area contributed by atoms with Crippen molar-refractivity contribution >= 4 is 5.65 Å². The molecular weight excluding hydrogens is 767 g/mol. The smallest absolute Gasteiger partial charge is 0.164 e. The molecule has 0 N–H and O–H groups in total. The zero-order valence-corrected chi connectivity index (χ0v) is 34.3. The fourth-order valence-electron chi connectivity index (χ4n) is 8.26. The molecule has 0 fully saturated rings. The molecular formula is C58H39N5. The molecule has 3 heterocycles. The molecule has 0 saturated heterocycles. The average molecular weight is 806 g/mol. The molecule has 11 aromatic rings. The van der Waals surface area contributed by atoms with E-state index in [0.29, 0.717) is 17.5 Å².